The minimum atomic E-state index is -3.43. The van der Waals surface area contributed by atoms with Gasteiger partial charge in [0, 0.05) is 11.0 Å². The van der Waals surface area contributed by atoms with Crippen LogP contribution in [0.4, 0.5) is 0 Å². The zero-order valence-corrected chi connectivity index (χ0v) is 13.4. The molecule has 0 atom stereocenters. The Bertz CT molecular complexity index is 567. The maximum atomic E-state index is 12.3. The number of methoxy groups -OCH3 is 1. The zero-order chi connectivity index (χ0) is 14.1. The quantitative estimate of drug-likeness (QED) is 0.914. The summed E-state index contributed by atoms with van der Waals surface area (Å²) in [7, 11) is -1.94. The first-order chi connectivity index (χ1) is 8.27. The largest absolute Gasteiger partial charge is 0.495 e. The number of ether oxygens (including phenoxy) is 1. The van der Waals surface area contributed by atoms with E-state index in [0.29, 0.717) is 11.3 Å². The van der Waals surface area contributed by atoms with Crippen molar-refractivity contribution in [2.24, 2.45) is 5.73 Å². The molecule has 0 aliphatic carbocycles. The van der Waals surface area contributed by atoms with Gasteiger partial charge < -0.3 is 10.5 Å². The topological polar surface area (TPSA) is 69.4 Å². The molecule has 0 fully saturated rings. The van der Waals surface area contributed by atoms with E-state index in [9.17, 15) is 8.42 Å². The lowest BCUT2D eigenvalue weighted by Crippen LogP contribution is -2.18. The van der Waals surface area contributed by atoms with Crippen molar-refractivity contribution < 1.29 is 13.2 Å². The highest BCUT2D eigenvalue weighted by atomic mass is 79.9. The second-order valence-corrected chi connectivity index (χ2v) is 7.00. The minimum absolute atomic E-state index is 0.0842. The molecule has 0 unspecified atom stereocenters. The summed E-state index contributed by atoms with van der Waals surface area (Å²) in [6, 6.07) is 0. The summed E-state index contributed by atoms with van der Waals surface area (Å²) in [5.74, 6) is 0.334. The van der Waals surface area contributed by atoms with Crippen LogP contribution in [0, 0.1) is 20.8 Å². The summed E-state index contributed by atoms with van der Waals surface area (Å²) in [5.41, 5.74) is 7.84. The molecule has 18 heavy (non-hydrogen) atoms. The van der Waals surface area contributed by atoms with Gasteiger partial charge in [0.1, 0.15) is 10.6 Å². The molecule has 6 heteroatoms. The van der Waals surface area contributed by atoms with Gasteiger partial charge in [-0.05, 0) is 37.5 Å². The molecule has 1 aromatic carbocycles. The highest BCUT2D eigenvalue weighted by Gasteiger charge is 2.26. The molecule has 0 saturated carbocycles. The van der Waals surface area contributed by atoms with Crippen molar-refractivity contribution in [2.45, 2.75) is 25.7 Å². The number of hydrogen-bond acceptors (Lipinski definition) is 4. The Kier molecular flexibility index (Phi) is 4.80. The number of rotatable bonds is 4. The normalized spacial score (nSPS) is 11.7. The Hall–Kier alpha value is -0.590. The third-order valence-corrected chi connectivity index (χ3v) is 6.09. The van der Waals surface area contributed by atoms with Crippen LogP contribution >= 0.6 is 15.9 Å². The molecule has 0 heterocycles. The fourth-order valence-corrected chi connectivity index (χ4v) is 4.16. The van der Waals surface area contributed by atoms with Crippen molar-refractivity contribution in [3.8, 4) is 5.75 Å². The second-order valence-electron chi connectivity index (χ2n) is 4.16. The fraction of sp³-hybridized carbons (Fsp3) is 0.500. The lowest BCUT2D eigenvalue weighted by molar-refractivity contribution is 0.398. The van der Waals surface area contributed by atoms with Crippen molar-refractivity contribution in [3.05, 3.63) is 21.2 Å². The van der Waals surface area contributed by atoms with E-state index in [1.807, 2.05) is 13.8 Å². The molecule has 1 rings (SSSR count). The Morgan fingerprint density at radius 1 is 1.17 bits per heavy atom. The highest BCUT2D eigenvalue weighted by Crippen LogP contribution is 2.39. The Morgan fingerprint density at radius 3 is 2.17 bits per heavy atom. The monoisotopic (exact) mass is 335 g/mol. The summed E-state index contributed by atoms with van der Waals surface area (Å²) in [5, 5.41) is 0. The molecule has 4 nitrogen and oxygen atoms in total. The third-order valence-electron chi connectivity index (χ3n) is 3.01. The molecule has 0 aliphatic rings. The van der Waals surface area contributed by atoms with Gasteiger partial charge in [-0.15, -0.1) is 0 Å². The molecule has 0 saturated heterocycles. The maximum absolute atomic E-state index is 12.3. The van der Waals surface area contributed by atoms with Crippen molar-refractivity contribution in [1.82, 2.24) is 0 Å². The first-order valence-corrected chi connectivity index (χ1v) is 7.98. The van der Waals surface area contributed by atoms with E-state index in [1.54, 1.807) is 6.92 Å². The van der Waals surface area contributed by atoms with Crippen LogP contribution in [-0.2, 0) is 9.84 Å². The van der Waals surface area contributed by atoms with Gasteiger partial charge in [0.25, 0.3) is 0 Å². The summed E-state index contributed by atoms with van der Waals surface area (Å²) >= 11 is 3.44. The number of hydrogen-bond donors (Lipinski definition) is 1. The Balaban J connectivity index is 3.73. The fourth-order valence-electron chi connectivity index (χ4n) is 1.93. The van der Waals surface area contributed by atoms with E-state index < -0.39 is 9.84 Å². The molecule has 2 N–H and O–H groups in total. The zero-order valence-electron chi connectivity index (χ0n) is 11.0. The molecule has 0 aromatic heterocycles. The van der Waals surface area contributed by atoms with Crippen LogP contribution in [0.5, 0.6) is 5.75 Å². The molecule has 0 bridgehead atoms. The highest BCUT2D eigenvalue weighted by molar-refractivity contribution is 9.10. The van der Waals surface area contributed by atoms with Gasteiger partial charge in [-0.3, -0.25) is 0 Å². The van der Waals surface area contributed by atoms with Crippen LogP contribution in [0.15, 0.2) is 9.37 Å². The predicted molar refractivity (Wildman–Crippen MR) is 76.0 cm³/mol. The molecule has 0 aliphatic heterocycles. The minimum Gasteiger partial charge on any atom is -0.495 e. The van der Waals surface area contributed by atoms with E-state index in [2.05, 4.69) is 15.9 Å². The first-order valence-electron chi connectivity index (χ1n) is 5.54. The lowest BCUT2D eigenvalue weighted by Gasteiger charge is -2.18. The molecule has 102 valence electrons. The molecular formula is C12H18BrNO3S. The van der Waals surface area contributed by atoms with Crippen LogP contribution < -0.4 is 10.5 Å². The molecule has 0 spiro atoms. The first kappa shape index (κ1) is 15.5. The molecule has 0 amide bonds. The van der Waals surface area contributed by atoms with Crippen molar-refractivity contribution in [2.75, 3.05) is 19.4 Å². The number of halogens is 1. The van der Waals surface area contributed by atoms with E-state index in [4.69, 9.17) is 10.5 Å². The van der Waals surface area contributed by atoms with Gasteiger partial charge >= 0.3 is 0 Å². The number of sulfone groups is 1. The maximum Gasteiger partial charge on any atom is 0.183 e. The average molecular weight is 336 g/mol. The standard InChI is InChI=1S/C12H18BrNO3S/c1-7-8(2)11(17-4)12(9(3)10(7)13)18(15,16)6-5-14/h5-6,14H2,1-4H3. The predicted octanol–water partition coefficient (Wildman–Crippen LogP) is 2.12. The molecular weight excluding hydrogens is 318 g/mol. The van der Waals surface area contributed by atoms with Crippen LogP contribution in [0.3, 0.4) is 0 Å². The average Bonchev–Trinajstić information content (AvgIpc) is 2.30. The summed E-state index contributed by atoms with van der Waals surface area (Å²) in [6.45, 7) is 5.63. The number of nitrogens with two attached hydrogens (primary N) is 1. The van der Waals surface area contributed by atoms with Crippen molar-refractivity contribution in [1.29, 1.82) is 0 Å². The van der Waals surface area contributed by atoms with Crippen molar-refractivity contribution in [3.63, 3.8) is 0 Å². The van der Waals surface area contributed by atoms with E-state index in [0.717, 1.165) is 15.6 Å². The van der Waals surface area contributed by atoms with Crippen LogP contribution in [0.25, 0.3) is 0 Å². The second kappa shape index (κ2) is 5.59. The number of benzene rings is 1. The smallest absolute Gasteiger partial charge is 0.183 e. The van der Waals surface area contributed by atoms with Gasteiger partial charge in [0.2, 0.25) is 0 Å². The van der Waals surface area contributed by atoms with Gasteiger partial charge in [-0.2, -0.15) is 0 Å². The van der Waals surface area contributed by atoms with Gasteiger partial charge in [0.15, 0.2) is 9.84 Å². The Morgan fingerprint density at radius 2 is 1.72 bits per heavy atom. The van der Waals surface area contributed by atoms with Crippen LogP contribution in [0.2, 0.25) is 0 Å². The summed E-state index contributed by atoms with van der Waals surface area (Å²) in [6.07, 6.45) is 0. The Labute approximate surface area is 117 Å². The lowest BCUT2D eigenvalue weighted by atomic mass is 10.1. The van der Waals surface area contributed by atoms with Crippen LogP contribution in [-0.4, -0.2) is 27.8 Å². The summed E-state index contributed by atoms with van der Waals surface area (Å²) < 4.78 is 30.6. The molecule has 0 radical (unpaired) electrons. The van der Waals surface area contributed by atoms with E-state index in [-0.39, 0.29) is 17.2 Å². The SMILES string of the molecule is COc1c(C)c(C)c(Br)c(C)c1S(=O)(=O)CCN. The van der Waals surface area contributed by atoms with E-state index >= 15 is 0 Å². The van der Waals surface area contributed by atoms with E-state index in [1.165, 1.54) is 7.11 Å². The van der Waals surface area contributed by atoms with Crippen molar-refractivity contribution >= 4 is 25.8 Å². The molecule has 1 aromatic rings. The summed E-state index contributed by atoms with van der Waals surface area (Å²) in [4.78, 5) is 0.241. The van der Waals surface area contributed by atoms with Gasteiger partial charge in [-0.25, -0.2) is 8.42 Å². The van der Waals surface area contributed by atoms with Gasteiger partial charge in [0.05, 0.1) is 12.9 Å². The van der Waals surface area contributed by atoms with Crippen LogP contribution in [0.1, 0.15) is 16.7 Å². The van der Waals surface area contributed by atoms with Gasteiger partial charge in [-0.1, -0.05) is 15.9 Å². The third kappa shape index (κ3) is 2.55.